The maximum Gasteiger partial charge on any atom is 0.208 e. The Morgan fingerprint density at radius 2 is 2.15 bits per heavy atom. The molecule has 0 bridgehead atoms. The van der Waals surface area contributed by atoms with Crippen LogP contribution in [0.1, 0.15) is 32.3 Å². The first kappa shape index (κ1) is 21.3. The molecule has 4 aromatic rings. The van der Waals surface area contributed by atoms with E-state index in [0.29, 0.717) is 5.56 Å². The molecule has 9 nitrogen and oxygen atoms in total. The Hall–Kier alpha value is -3.55. The second kappa shape index (κ2) is 8.77. The lowest BCUT2D eigenvalue weighted by Gasteiger charge is -2.21. The average Bonchev–Trinajstić information content (AvgIpc) is 3.56. The molecule has 5 heterocycles. The molecule has 10 heteroatoms. The zero-order chi connectivity index (χ0) is 22.9. The number of aliphatic hydroxyl groups is 1. The molecule has 0 radical (unpaired) electrons. The van der Waals surface area contributed by atoms with Gasteiger partial charge in [0.25, 0.3) is 0 Å². The molecule has 0 amide bonds. The summed E-state index contributed by atoms with van der Waals surface area (Å²) in [5.41, 5.74) is 4.77. The van der Waals surface area contributed by atoms with Gasteiger partial charge in [-0.3, -0.25) is 4.98 Å². The Morgan fingerprint density at radius 3 is 2.94 bits per heavy atom. The summed E-state index contributed by atoms with van der Waals surface area (Å²) in [6.45, 7) is 5.18. The lowest BCUT2D eigenvalue weighted by atomic mass is 10.1. The lowest BCUT2D eigenvalue weighted by molar-refractivity contribution is 0.266. The number of pyridine rings is 1. The molecule has 0 spiro atoms. The van der Waals surface area contributed by atoms with E-state index < -0.39 is 0 Å². The van der Waals surface area contributed by atoms with E-state index in [0.717, 1.165) is 57.7 Å². The Labute approximate surface area is 195 Å². The summed E-state index contributed by atoms with van der Waals surface area (Å²) in [4.78, 5) is 6.86. The van der Waals surface area contributed by atoms with Gasteiger partial charge in [0.05, 0.1) is 46.9 Å². The van der Waals surface area contributed by atoms with Gasteiger partial charge in [0.2, 0.25) is 5.13 Å². The van der Waals surface area contributed by atoms with Crippen LogP contribution in [0.15, 0.2) is 36.7 Å². The largest absolute Gasteiger partial charge is 0.394 e. The van der Waals surface area contributed by atoms with Gasteiger partial charge in [-0.05, 0) is 51.0 Å². The highest BCUT2D eigenvalue weighted by atomic mass is 32.1. The summed E-state index contributed by atoms with van der Waals surface area (Å²) in [5, 5.41) is 37.2. The van der Waals surface area contributed by atoms with Crippen molar-refractivity contribution in [3.05, 3.63) is 42.2 Å². The first-order valence-corrected chi connectivity index (χ1v) is 11.7. The molecule has 33 heavy (non-hydrogen) atoms. The van der Waals surface area contributed by atoms with E-state index in [1.54, 1.807) is 16.8 Å². The minimum Gasteiger partial charge on any atom is -0.394 e. The fourth-order valence-electron chi connectivity index (χ4n) is 4.17. The van der Waals surface area contributed by atoms with Crippen LogP contribution < -0.4 is 10.2 Å². The van der Waals surface area contributed by atoms with Crippen LogP contribution in [-0.4, -0.2) is 55.1 Å². The second-order valence-electron chi connectivity index (χ2n) is 8.39. The van der Waals surface area contributed by atoms with E-state index in [4.69, 9.17) is 10.2 Å². The number of nitrogens with one attached hydrogen (secondary N) is 1. The smallest absolute Gasteiger partial charge is 0.208 e. The fourth-order valence-corrected chi connectivity index (χ4v) is 5.13. The predicted octanol–water partition coefficient (Wildman–Crippen LogP) is 3.57. The van der Waals surface area contributed by atoms with E-state index in [-0.39, 0.29) is 18.7 Å². The van der Waals surface area contributed by atoms with Crippen LogP contribution in [0.25, 0.3) is 27.5 Å². The molecule has 5 rings (SSSR count). The van der Waals surface area contributed by atoms with E-state index >= 15 is 0 Å². The topological polar surface area (TPSA) is 115 Å². The van der Waals surface area contributed by atoms with E-state index in [1.807, 2.05) is 24.4 Å². The Bertz CT molecular complexity index is 1340. The third-order valence-corrected chi connectivity index (χ3v) is 6.71. The number of hydrogen-bond donors (Lipinski definition) is 2. The van der Waals surface area contributed by atoms with Crippen molar-refractivity contribution in [1.29, 1.82) is 5.26 Å². The molecule has 0 saturated carbocycles. The summed E-state index contributed by atoms with van der Waals surface area (Å²) in [6, 6.07) is 10.1. The highest BCUT2D eigenvalue weighted by Crippen LogP contribution is 2.37. The molecule has 1 fully saturated rings. The average molecular weight is 461 g/mol. The molecule has 0 aliphatic carbocycles. The van der Waals surface area contributed by atoms with Crippen molar-refractivity contribution >= 4 is 27.7 Å². The number of nitrogens with zero attached hydrogens (tertiary/aromatic N) is 7. The number of nitriles is 1. The molecular weight excluding hydrogens is 436 g/mol. The summed E-state index contributed by atoms with van der Waals surface area (Å²) in [6.07, 6.45) is 5.39. The zero-order valence-corrected chi connectivity index (χ0v) is 19.2. The molecule has 1 aliphatic heterocycles. The van der Waals surface area contributed by atoms with Crippen LogP contribution in [0, 0.1) is 11.3 Å². The van der Waals surface area contributed by atoms with E-state index in [9.17, 15) is 5.11 Å². The van der Waals surface area contributed by atoms with Gasteiger partial charge in [-0.15, -0.1) is 10.2 Å². The van der Waals surface area contributed by atoms with Crippen LogP contribution in [0.2, 0.25) is 0 Å². The fraction of sp³-hybridized carbons (Fsp3) is 0.348. The summed E-state index contributed by atoms with van der Waals surface area (Å²) < 4.78 is 1.79. The van der Waals surface area contributed by atoms with Crippen LogP contribution in [-0.2, 0) is 0 Å². The maximum absolute atomic E-state index is 9.66. The third-order valence-electron chi connectivity index (χ3n) is 5.72. The molecule has 4 aromatic heterocycles. The van der Waals surface area contributed by atoms with Crippen LogP contribution in [0.4, 0.5) is 10.8 Å². The number of anilines is 2. The van der Waals surface area contributed by atoms with Crippen LogP contribution in [0.5, 0.6) is 0 Å². The van der Waals surface area contributed by atoms with Gasteiger partial charge < -0.3 is 15.3 Å². The van der Waals surface area contributed by atoms with Crippen molar-refractivity contribution in [2.24, 2.45) is 0 Å². The molecule has 1 atom stereocenters. The molecule has 1 aliphatic rings. The first-order valence-electron chi connectivity index (χ1n) is 10.9. The van der Waals surface area contributed by atoms with Crippen molar-refractivity contribution in [2.75, 3.05) is 23.4 Å². The highest BCUT2D eigenvalue weighted by molar-refractivity contribution is 7.18. The van der Waals surface area contributed by atoms with E-state index in [1.165, 1.54) is 11.3 Å². The normalized spacial score (nSPS) is 16.0. The van der Waals surface area contributed by atoms with Crippen LogP contribution in [0.3, 0.4) is 0 Å². The zero-order valence-electron chi connectivity index (χ0n) is 18.4. The van der Waals surface area contributed by atoms with Crippen molar-refractivity contribution in [1.82, 2.24) is 24.8 Å². The van der Waals surface area contributed by atoms with Crippen molar-refractivity contribution in [3.63, 3.8) is 0 Å². The molecule has 0 aromatic carbocycles. The lowest BCUT2D eigenvalue weighted by Crippen LogP contribution is -2.31. The van der Waals surface area contributed by atoms with Gasteiger partial charge in [0.1, 0.15) is 6.07 Å². The van der Waals surface area contributed by atoms with Gasteiger partial charge in [-0.2, -0.15) is 10.4 Å². The monoisotopic (exact) mass is 460 g/mol. The van der Waals surface area contributed by atoms with E-state index in [2.05, 4.69) is 45.4 Å². The molecule has 168 valence electrons. The molecule has 2 N–H and O–H groups in total. The molecule has 0 unspecified atom stereocenters. The first-order chi connectivity index (χ1) is 16.1. The molecule has 1 saturated heterocycles. The Morgan fingerprint density at radius 1 is 1.27 bits per heavy atom. The molecular formula is C23H24N8OS. The van der Waals surface area contributed by atoms with Gasteiger partial charge in [0.15, 0.2) is 5.01 Å². The number of rotatable bonds is 6. The summed E-state index contributed by atoms with van der Waals surface area (Å²) in [5.74, 6) is 0. The summed E-state index contributed by atoms with van der Waals surface area (Å²) in [7, 11) is 0. The SMILES string of the molecule is CC(C)Nc1cc(-c2ccc3cc(C#N)cnn23)ncc1-c1nnc(N2CCC[C@H]2CO)s1. The number of fused-ring (bicyclic) bond motifs is 1. The highest BCUT2D eigenvalue weighted by Gasteiger charge is 2.27. The minimum atomic E-state index is 0.108. The Kier molecular flexibility index (Phi) is 5.66. The minimum absolute atomic E-state index is 0.108. The number of aliphatic hydroxyl groups excluding tert-OH is 1. The van der Waals surface area contributed by atoms with Gasteiger partial charge >= 0.3 is 0 Å². The standard InChI is InChI=1S/C23H24N8OS/c1-14(2)27-19-9-20(21-6-5-16-8-15(10-24)11-26-31(16)21)25-12-18(19)22-28-29-23(33-22)30-7-3-4-17(30)13-32/h5-6,8-9,11-12,14,17,32H,3-4,7,13H2,1-2H3,(H,25,27)/t17-/m0/s1. The van der Waals surface area contributed by atoms with Gasteiger partial charge in [-0.25, -0.2) is 4.52 Å². The quantitative estimate of drug-likeness (QED) is 0.449. The second-order valence-corrected chi connectivity index (χ2v) is 9.34. The summed E-state index contributed by atoms with van der Waals surface area (Å²) >= 11 is 1.52. The number of aromatic nitrogens is 5. The van der Waals surface area contributed by atoms with Gasteiger partial charge in [0, 0.05) is 24.5 Å². The maximum atomic E-state index is 9.66. The Balaban J connectivity index is 1.53. The number of hydrogen-bond acceptors (Lipinski definition) is 9. The van der Waals surface area contributed by atoms with Crippen molar-refractivity contribution in [3.8, 4) is 28.0 Å². The van der Waals surface area contributed by atoms with Gasteiger partial charge in [-0.1, -0.05) is 11.3 Å². The van der Waals surface area contributed by atoms with Crippen LogP contribution >= 0.6 is 11.3 Å². The van der Waals surface area contributed by atoms with Crippen molar-refractivity contribution in [2.45, 2.75) is 38.8 Å². The third kappa shape index (κ3) is 4.01. The predicted molar refractivity (Wildman–Crippen MR) is 128 cm³/mol. The van der Waals surface area contributed by atoms with Crippen molar-refractivity contribution < 1.29 is 5.11 Å².